The van der Waals surface area contributed by atoms with Gasteiger partial charge in [0, 0.05) is 5.56 Å². The van der Waals surface area contributed by atoms with E-state index in [1.54, 1.807) is 0 Å². The van der Waals surface area contributed by atoms with E-state index in [1.165, 1.54) is 5.56 Å². The molecule has 2 aromatic carbocycles. The average Bonchev–Trinajstić information content (AvgIpc) is 2.63. The van der Waals surface area contributed by atoms with Crippen LogP contribution in [0.2, 0.25) is 0 Å². The number of aromatic nitrogens is 1. The van der Waals surface area contributed by atoms with Crippen LogP contribution in [-0.2, 0) is 0 Å². The van der Waals surface area contributed by atoms with Gasteiger partial charge in [0.2, 0.25) is 0 Å². The van der Waals surface area contributed by atoms with Crippen LogP contribution in [0, 0.1) is 11.3 Å². The first-order chi connectivity index (χ1) is 11.3. The fraction of sp³-hybridized carbons (Fsp3) is 0.100. The maximum Gasteiger partial charge on any atom is 0.290 e. The van der Waals surface area contributed by atoms with Gasteiger partial charge in [-0.15, -0.1) is 0 Å². The molecular weight excluding hydrogens is 282 g/mol. The van der Waals surface area contributed by atoms with Crippen molar-refractivity contribution in [1.82, 2.24) is 0 Å². The van der Waals surface area contributed by atoms with E-state index in [0.29, 0.717) is 5.56 Å². The number of H-pyrrole nitrogens is 1. The van der Waals surface area contributed by atoms with Crippen molar-refractivity contribution < 1.29 is 4.98 Å². The highest BCUT2D eigenvalue weighted by Gasteiger charge is 2.16. The third-order valence-electron chi connectivity index (χ3n) is 3.83. The molecule has 112 valence electrons. The number of pyridine rings is 1. The molecule has 0 saturated carbocycles. The van der Waals surface area contributed by atoms with E-state index in [2.05, 4.69) is 35.4 Å². The first-order valence-corrected chi connectivity index (χ1v) is 7.60. The molecule has 2 N–H and O–H groups in total. The Hall–Kier alpha value is -3.12. The summed E-state index contributed by atoms with van der Waals surface area (Å²) in [4.78, 5) is 3.22. The molecule has 0 radical (unpaired) electrons. The number of nitriles is 1. The van der Waals surface area contributed by atoms with Crippen LogP contribution in [-0.4, -0.2) is 0 Å². The molecule has 3 aromatic rings. The monoisotopic (exact) mass is 300 g/mol. The number of aromatic amines is 1. The van der Waals surface area contributed by atoms with Gasteiger partial charge in [-0.05, 0) is 24.1 Å². The van der Waals surface area contributed by atoms with Gasteiger partial charge in [-0.2, -0.15) is 5.26 Å². The van der Waals surface area contributed by atoms with Crippen LogP contribution in [0.3, 0.4) is 0 Å². The lowest BCUT2D eigenvalue weighted by Crippen LogP contribution is -2.18. The lowest BCUT2D eigenvalue weighted by atomic mass is 10.1. The number of benzene rings is 2. The van der Waals surface area contributed by atoms with Gasteiger partial charge in [0.1, 0.15) is 17.7 Å². The Kier molecular flexibility index (Phi) is 4.35. The van der Waals surface area contributed by atoms with Crippen LogP contribution in [0.25, 0.3) is 11.1 Å². The quantitative estimate of drug-likeness (QED) is 0.784. The summed E-state index contributed by atoms with van der Waals surface area (Å²) in [6.07, 6.45) is 1.93. The molecular formula is C20H18N3+. The maximum atomic E-state index is 9.46. The first kappa shape index (κ1) is 14.8. The second-order valence-electron chi connectivity index (χ2n) is 5.43. The summed E-state index contributed by atoms with van der Waals surface area (Å²) in [7, 11) is 0. The van der Waals surface area contributed by atoms with E-state index in [9.17, 15) is 5.26 Å². The SMILES string of the molecule is C[C@@H](Nc1[nH+]cc(-c2ccccc2)cc1C#N)c1ccccc1. The van der Waals surface area contributed by atoms with Gasteiger partial charge in [0.05, 0.1) is 6.20 Å². The van der Waals surface area contributed by atoms with Crippen molar-refractivity contribution in [3.63, 3.8) is 0 Å². The van der Waals surface area contributed by atoms with Crippen molar-refractivity contribution in [2.24, 2.45) is 0 Å². The summed E-state index contributed by atoms with van der Waals surface area (Å²) in [5.41, 5.74) is 3.87. The Morgan fingerprint density at radius 2 is 1.61 bits per heavy atom. The second-order valence-corrected chi connectivity index (χ2v) is 5.43. The highest BCUT2D eigenvalue weighted by molar-refractivity contribution is 5.65. The number of hydrogen-bond acceptors (Lipinski definition) is 2. The van der Waals surface area contributed by atoms with Crippen LogP contribution < -0.4 is 10.3 Å². The molecule has 1 atom stereocenters. The van der Waals surface area contributed by atoms with Crippen molar-refractivity contribution in [1.29, 1.82) is 5.26 Å². The lowest BCUT2D eigenvalue weighted by Gasteiger charge is -2.10. The third kappa shape index (κ3) is 3.38. The Bertz CT molecular complexity index is 821. The highest BCUT2D eigenvalue weighted by atomic mass is 15.0. The Morgan fingerprint density at radius 1 is 0.957 bits per heavy atom. The average molecular weight is 300 g/mol. The molecule has 3 heteroatoms. The van der Waals surface area contributed by atoms with Gasteiger partial charge in [-0.25, -0.2) is 4.98 Å². The Labute approximate surface area is 136 Å². The van der Waals surface area contributed by atoms with Crippen molar-refractivity contribution in [3.8, 4) is 17.2 Å². The standard InChI is InChI=1S/C20H17N3/c1-15(16-8-4-2-5-9-16)23-20-18(13-21)12-19(14-22-20)17-10-6-3-7-11-17/h2-12,14-15H,1H3,(H,22,23)/p+1/t15-/m1/s1. The molecule has 0 unspecified atom stereocenters. The molecule has 0 aliphatic carbocycles. The van der Waals surface area contributed by atoms with Crippen LogP contribution in [0.5, 0.6) is 0 Å². The molecule has 3 nitrogen and oxygen atoms in total. The van der Waals surface area contributed by atoms with E-state index in [4.69, 9.17) is 0 Å². The maximum absolute atomic E-state index is 9.46. The van der Waals surface area contributed by atoms with E-state index >= 15 is 0 Å². The van der Waals surface area contributed by atoms with E-state index < -0.39 is 0 Å². The van der Waals surface area contributed by atoms with Gasteiger partial charge >= 0.3 is 0 Å². The predicted molar refractivity (Wildman–Crippen MR) is 91.6 cm³/mol. The topological polar surface area (TPSA) is 50.0 Å². The zero-order chi connectivity index (χ0) is 16.1. The molecule has 3 rings (SSSR count). The normalized spacial score (nSPS) is 11.5. The third-order valence-corrected chi connectivity index (χ3v) is 3.83. The summed E-state index contributed by atoms with van der Waals surface area (Å²) in [6.45, 7) is 2.08. The fourth-order valence-corrected chi connectivity index (χ4v) is 2.54. The minimum Gasteiger partial charge on any atom is -0.267 e. The van der Waals surface area contributed by atoms with Crippen molar-refractivity contribution in [3.05, 3.63) is 84.1 Å². The predicted octanol–water partition coefficient (Wildman–Crippen LogP) is 4.21. The Balaban J connectivity index is 1.88. The molecule has 0 aliphatic rings. The van der Waals surface area contributed by atoms with Crippen molar-refractivity contribution >= 4 is 5.82 Å². The summed E-state index contributed by atoms with van der Waals surface area (Å²) in [5.74, 6) is 0.739. The van der Waals surface area contributed by atoms with Gasteiger partial charge in [-0.3, -0.25) is 5.32 Å². The summed E-state index contributed by atoms with van der Waals surface area (Å²) in [5, 5.41) is 12.8. The smallest absolute Gasteiger partial charge is 0.267 e. The summed E-state index contributed by atoms with van der Waals surface area (Å²) >= 11 is 0. The number of nitrogens with zero attached hydrogens (tertiary/aromatic N) is 1. The zero-order valence-electron chi connectivity index (χ0n) is 13.0. The van der Waals surface area contributed by atoms with Gasteiger partial charge in [-0.1, -0.05) is 60.7 Å². The van der Waals surface area contributed by atoms with Gasteiger partial charge in [0.25, 0.3) is 5.82 Å². The van der Waals surface area contributed by atoms with Crippen molar-refractivity contribution in [2.75, 3.05) is 5.32 Å². The minimum atomic E-state index is 0.113. The molecule has 0 aliphatic heterocycles. The lowest BCUT2D eigenvalue weighted by molar-refractivity contribution is -0.360. The first-order valence-electron chi connectivity index (χ1n) is 7.60. The van der Waals surface area contributed by atoms with E-state index in [0.717, 1.165) is 16.9 Å². The Morgan fingerprint density at radius 3 is 2.26 bits per heavy atom. The number of hydrogen-bond donors (Lipinski definition) is 1. The molecule has 0 amide bonds. The molecule has 23 heavy (non-hydrogen) atoms. The second kappa shape index (κ2) is 6.76. The van der Waals surface area contributed by atoms with Crippen LogP contribution in [0.4, 0.5) is 5.82 Å². The molecule has 0 bridgehead atoms. The minimum absolute atomic E-state index is 0.113. The number of rotatable bonds is 4. The fourth-order valence-electron chi connectivity index (χ4n) is 2.54. The van der Waals surface area contributed by atoms with Crippen LogP contribution in [0.1, 0.15) is 24.1 Å². The molecule has 1 aromatic heterocycles. The highest BCUT2D eigenvalue weighted by Crippen LogP contribution is 2.23. The van der Waals surface area contributed by atoms with Crippen LogP contribution >= 0.6 is 0 Å². The van der Waals surface area contributed by atoms with Crippen molar-refractivity contribution in [2.45, 2.75) is 13.0 Å². The van der Waals surface area contributed by atoms with Gasteiger partial charge in [0.15, 0.2) is 0 Å². The number of nitrogens with one attached hydrogen (secondary N) is 2. The van der Waals surface area contributed by atoms with E-state index in [-0.39, 0.29) is 6.04 Å². The molecule has 0 spiro atoms. The molecule has 0 saturated heterocycles. The summed E-state index contributed by atoms with van der Waals surface area (Å²) in [6, 6.07) is 24.5. The summed E-state index contributed by atoms with van der Waals surface area (Å²) < 4.78 is 0. The molecule has 1 heterocycles. The van der Waals surface area contributed by atoms with Crippen LogP contribution in [0.15, 0.2) is 72.9 Å². The zero-order valence-corrected chi connectivity index (χ0v) is 13.0. The largest absolute Gasteiger partial charge is 0.290 e. The number of anilines is 1. The molecule has 0 fully saturated rings. The van der Waals surface area contributed by atoms with E-state index in [1.807, 2.05) is 60.8 Å². The van der Waals surface area contributed by atoms with Gasteiger partial charge < -0.3 is 0 Å².